The lowest BCUT2D eigenvalue weighted by Gasteiger charge is -2.31. The zero-order valence-corrected chi connectivity index (χ0v) is 68.9. The fourth-order valence-corrected chi connectivity index (χ4v) is 24.0. The molecule has 26 nitrogen and oxygen atoms in total. The Labute approximate surface area is 660 Å². The van der Waals surface area contributed by atoms with Crippen molar-refractivity contribution >= 4 is 77.4 Å². The first-order valence-electron chi connectivity index (χ1n) is 42.5. The van der Waals surface area contributed by atoms with Crippen LogP contribution in [0.1, 0.15) is 207 Å². The van der Waals surface area contributed by atoms with Crippen molar-refractivity contribution in [2.45, 2.75) is 244 Å². The molecule has 4 aliphatic heterocycles. The Morgan fingerprint density at radius 2 is 0.750 bits per heavy atom. The summed E-state index contributed by atoms with van der Waals surface area (Å²) in [5, 5.41) is 25.2. The number of hydrogen-bond donors (Lipinski definition) is 5. The number of carboxylic acids is 2. The molecule has 626 valence electrons. The van der Waals surface area contributed by atoms with Gasteiger partial charge in [-0.3, -0.25) is 47.9 Å². The van der Waals surface area contributed by atoms with Crippen LogP contribution in [-0.2, 0) is 100 Å². The number of carbonyl (C=O) groups is 13. The van der Waals surface area contributed by atoms with Crippen LogP contribution in [0, 0.1) is 183 Å². The largest absolute Gasteiger partial charge is 0.480 e. The summed E-state index contributed by atoms with van der Waals surface area (Å²) < 4.78 is 40.9. The van der Waals surface area contributed by atoms with Crippen LogP contribution in [0.2, 0.25) is 0 Å². The molecule has 26 heteroatoms. The molecule has 12 saturated carbocycles. The second-order valence-corrected chi connectivity index (χ2v) is 38.4. The van der Waals surface area contributed by atoms with Gasteiger partial charge in [0.1, 0.15) is 50.7 Å². The zero-order chi connectivity index (χ0) is 81.7. The Hall–Kier alpha value is -6.89. The Morgan fingerprint density at radius 1 is 0.411 bits per heavy atom. The molecule has 36 unspecified atom stereocenters. The van der Waals surface area contributed by atoms with Gasteiger partial charge in [-0.05, 0) is 233 Å². The monoisotopic (exact) mass is 1570 g/mol. The lowest BCUT2D eigenvalue weighted by molar-refractivity contribution is -0.168. The second kappa shape index (κ2) is 35.3. The maximum atomic E-state index is 12.5. The SMILES string of the molecule is CC(NC(=O)C1CC2CC1C(C)C2C)C(=O)O.CC(NC(=O)C1CC2CC1C(C)C2C)C(=O)OC1COC(=O)C1.CC1C2CC(C(=O)NCC(=O)O)C(C2)C1C.CC1C2CC(C(=O)OC3C(=O)OCC3(C)C)C(C2)C1C.CC1C2CC(C(=O)OC3CCOC3=O)C(C2)C1C.CC1C2CC(C(=O)OC3COC(=O)C3)C(C2)C1C. The van der Waals surface area contributed by atoms with E-state index < -0.39 is 59.7 Å². The Kier molecular flexibility index (Phi) is 27.1. The van der Waals surface area contributed by atoms with E-state index in [0.29, 0.717) is 150 Å². The van der Waals surface area contributed by atoms with E-state index in [4.69, 9.17) is 48.1 Å². The lowest BCUT2D eigenvalue weighted by Crippen LogP contribution is -2.45. The molecule has 4 saturated heterocycles. The Balaban J connectivity index is 0.000000133. The molecule has 3 amide bonds. The Bertz CT molecular complexity index is 3510. The van der Waals surface area contributed by atoms with Crippen LogP contribution in [0.15, 0.2) is 0 Å². The van der Waals surface area contributed by atoms with Crippen LogP contribution in [-0.4, -0.2) is 157 Å². The van der Waals surface area contributed by atoms with E-state index in [1.165, 1.54) is 13.3 Å². The van der Waals surface area contributed by atoms with E-state index in [0.717, 1.165) is 82.5 Å². The third kappa shape index (κ3) is 18.3. The summed E-state index contributed by atoms with van der Waals surface area (Å²) in [5.74, 6) is 10.1. The van der Waals surface area contributed by atoms with Gasteiger partial charge < -0.3 is 64.1 Å². The highest BCUT2D eigenvalue weighted by atomic mass is 16.6. The predicted octanol–water partition coefficient (Wildman–Crippen LogP) is 9.85. The summed E-state index contributed by atoms with van der Waals surface area (Å²) in [6.45, 7) is 34.8. The van der Waals surface area contributed by atoms with Crippen LogP contribution < -0.4 is 16.0 Å². The number of aliphatic carboxylic acids is 2. The molecule has 0 aromatic carbocycles. The zero-order valence-electron chi connectivity index (χ0n) is 68.9. The van der Waals surface area contributed by atoms with Crippen LogP contribution in [0.4, 0.5) is 0 Å². The van der Waals surface area contributed by atoms with E-state index in [1.807, 2.05) is 13.8 Å². The van der Waals surface area contributed by atoms with Gasteiger partial charge in [0.15, 0.2) is 0 Å². The summed E-state index contributed by atoms with van der Waals surface area (Å²) in [7, 11) is 0. The van der Waals surface area contributed by atoms with E-state index >= 15 is 0 Å². The van der Waals surface area contributed by atoms with Crippen LogP contribution >= 0.6 is 0 Å². The molecular formula is C86H129N3O23. The van der Waals surface area contributed by atoms with Gasteiger partial charge >= 0.3 is 59.7 Å². The molecule has 12 bridgehead atoms. The maximum Gasteiger partial charge on any atom is 0.348 e. The highest BCUT2D eigenvalue weighted by Gasteiger charge is 2.58. The highest BCUT2D eigenvalue weighted by molar-refractivity contribution is 5.88. The molecule has 36 atom stereocenters. The highest BCUT2D eigenvalue weighted by Crippen LogP contribution is 2.60. The van der Waals surface area contributed by atoms with Gasteiger partial charge in [0.2, 0.25) is 29.9 Å². The van der Waals surface area contributed by atoms with Gasteiger partial charge in [-0.15, -0.1) is 0 Å². The predicted molar refractivity (Wildman–Crippen MR) is 403 cm³/mol. The molecule has 112 heavy (non-hydrogen) atoms. The third-order valence-corrected chi connectivity index (χ3v) is 32.3. The lowest BCUT2D eigenvalue weighted by atomic mass is 9.75. The minimum atomic E-state index is -0.974. The fourth-order valence-electron chi connectivity index (χ4n) is 24.0. The molecule has 12 aliphatic carbocycles. The van der Waals surface area contributed by atoms with E-state index in [1.54, 1.807) is 6.92 Å². The summed E-state index contributed by atoms with van der Waals surface area (Å²) in [6.07, 6.45) is 11.1. The molecule has 0 aromatic rings. The number of cyclic esters (lactones) is 4. The molecule has 5 N–H and O–H groups in total. The number of ether oxygens (including phenoxy) is 8. The molecule has 4 heterocycles. The smallest absolute Gasteiger partial charge is 0.348 e. The van der Waals surface area contributed by atoms with Gasteiger partial charge in [-0.2, -0.15) is 0 Å². The number of nitrogens with one attached hydrogen (secondary N) is 3. The Morgan fingerprint density at radius 3 is 1.06 bits per heavy atom. The third-order valence-electron chi connectivity index (χ3n) is 32.3. The topological polar surface area (TPSA) is 372 Å². The first-order chi connectivity index (χ1) is 52.7. The van der Waals surface area contributed by atoms with Crippen molar-refractivity contribution in [2.75, 3.05) is 33.0 Å². The number of hydrogen-bond acceptors (Lipinski definition) is 21. The molecule has 16 rings (SSSR count). The summed E-state index contributed by atoms with van der Waals surface area (Å²) in [5.41, 5.74) is -0.413. The average molecular weight is 1570 g/mol. The molecular weight excluding hydrogens is 1440 g/mol. The average Bonchev–Trinajstić information content (AvgIpc) is 1.65. The maximum absolute atomic E-state index is 12.5. The number of carboxylic acid groups (broad SMARTS) is 2. The van der Waals surface area contributed by atoms with Crippen molar-refractivity contribution in [1.29, 1.82) is 0 Å². The standard InChI is InChI=1S/C17H25NO5.C16H24O4.2C14H20O4.C13H21NO3.C12H19NO3/c1-8-9(2)13-4-11(8)5-14(13)16(20)18-10(3)17(21)23-12-6-15(19)22-7-12;1-8-9(2)11-5-10(8)6-12(11)14(17)20-13-15(18)19-7-16(13,3)4;1-7-8(2)11-3-9(7)4-12(11)14(16)18-10-5-13(15)17-6-10;1-7-8(2)10-5-9(7)6-11(10)13(15)18-12-3-4-17-14(12)16;1-6-7(2)10-4-9(6)5-11(10)12(15)14-8(3)13(16)17;1-6-7(2)9-3-8(6)4-10(9)12(16)13-5-11(14)15/h8-14H,4-7H2,1-3H3,(H,18,20);8-13H,5-7H2,1-4H3;2*7-12H,3-6H2,1-2H3;6-11H,4-5H2,1-3H3,(H,14,15)(H,16,17);6-10H,3-5H2,1-2H3,(H,13,16)(H,14,15). The van der Waals surface area contributed by atoms with Crippen LogP contribution in [0.5, 0.6) is 0 Å². The number of rotatable bonds is 16. The molecule has 0 aromatic heterocycles. The van der Waals surface area contributed by atoms with Gasteiger partial charge in [0.25, 0.3) is 0 Å². The summed E-state index contributed by atoms with van der Waals surface area (Å²) >= 11 is 0. The van der Waals surface area contributed by atoms with E-state index in [-0.39, 0.29) is 128 Å². The summed E-state index contributed by atoms with van der Waals surface area (Å²) in [4.78, 5) is 151. The first-order valence-corrected chi connectivity index (χ1v) is 42.5. The van der Waals surface area contributed by atoms with E-state index in [2.05, 4.69) is 99.0 Å². The van der Waals surface area contributed by atoms with Crippen LogP contribution in [0.3, 0.4) is 0 Å². The first kappa shape index (κ1) is 86.0. The van der Waals surface area contributed by atoms with Crippen molar-refractivity contribution < 1.29 is 110 Å². The van der Waals surface area contributed by atoms with E-state index in [9.17, 15) is 62.3 Å². The van der Waals surface area contributed by atoms with Gasteiger partial charge in [0, 0.05) is 29.6 Å². The van der Waals surface area contributed by atoms with Gasteiger partial charge in [-0.1, -0.05) is 96.9 Å². The second-order valence-electron chi connectivity index (χ2n) is 38.4. The summed E-state index contributed by atoms with van der Waals surface area (Å²) in [6, 6.07) is -1.49. The van der Waals surface area contributed by atoms with Crippen molar-refractivity contribution in [2.24, 2.45) is 183 Å². The minimum absolute atomic E-state index is 0.00889. The minimum Gasteiger partial charge on any atom is -0.480 e. The number of fused-ring (bicyclic) bond motifs is 12. The molecule has 16 fully saturated rings. The molecule has 16 aliphatic rings. The molecule has 0 radical (unpaired) electrons. The molecule has 0 spiro atoms. The van der Waals surface area contributed by atoms with Crippen molar-refractivity contribution in [3.63, 3.8) is 0 Å². The van der Waals surface area contributed by atoms with Gasteiger partial charge in [-0.25, -0.2) is 14.4 Å². The normalized spacial score (nSPS) is 43.3. The number of esters is 8. The van der Waals surface area contributed by atoms with Crippen molar-refractivity contribution in [1.82, 2.24) is 16.0 Å². The fraction of sp³-hybridized carbons (Fsp3) is 0.849. The van der Waals surface area contributed by atoms with Crippen LogP contribution in [0.25, 0.3) is 0 Å². The van der Waals surface area contributed by atoms with Crippen molar-refractivity contribution in [3.8, 4) is 0 Å². The number of amides is 3. The van der Waals surface area contributed by atoms with Crippen molar-refractivity contribution in [3.05, 3.63) is 0 Å². The van der Waals surface area contributed by atoms with Gasteiger partial charge in [0.05, 0.1) is 37.2 Å². The number of carbonyl (C=O) groups excluding carboxylic acids is 11. The quantitative estimate of drug-likeness (QED) is 0.0708.